The fourth-order valence-corrected chi connectivity index (χ4v) is 4.23. The Bertz CT molecular complexity index is 853. The van der Waals surface area contributed by atoms with Gasteiger partial charge in [0, 0.05) is 12.8 Å². The molecular weight excluding hydrogens is 470 g/mol. The molecule has 1 aliphatic heterocycles. The highest BCUT2D eigenvalue weighted by Gasteiger charge is 2.31. The molecule has 0 radical (unpaired) electrons. The molecule has 0 saturated carbocycles. The van der Waals surface area contributed by atoms with Crippen molar-refractivity contribution in [2.24, 2.45) is 5.92 Å². The third-order valence-electron chi connectivity index (χ3n) is 6.23. The molecule has 1 fully saturated rings. The molecule has 2 rings (SSSR count). The van der Waals surface area contributed by atoms with Gasteiger partial charge in [-0.2, -0.15) is 11.8 Å². The van der Waals surface area contributed by atoms with Crippen LogP contribution < -0.4 is 16.0 Å². The summed E-state index contributed by atoms with van der Waals surface area (Å²) in [6, 6.07) is 7.41. The summed E-state index contributed by atoms with van der Waals surface area (Å²) >= 11 is 1.51. The number of carbonyl (C=O) groups excluding carboxylic acids is 3. The van der Waals surface area contributed by atoms with Gasteiger partial charge in [0.15, 0.2) is 0 Å². The van der Waals surface area contributed by atoms with Crippen molar-refractivity contribution < 1.29 is 29.0 Å². The van der Waals surface area contributed by atoms with Gasteiger partial charge in [-0.05, 0) is 36.3 Å². The second-order valence-corrected chi connectivity index (χ2v) is 9.84. The molecule has 1 heterocycles. The summed E-state index contributed by atoms with van der Waals surface area (Å²) in [6.45, 7) is 4.06. The number of carboxylic acid groups (broad SMARTS) is 1. The Balaban J connectivity index is 2.11. The molecular formula is C25H37N3O6S. The minimum absolute atomic E-state index is 0.0600. The number of hydrogen-bond donors (Lipinski definition) is 4. The third-order valence-corrected chi connectivity index (χ3v) is 6.87. The van der Waals surface area contributed by atoms with Gasteiger partial charge < -0.3 is 25.8 Å². The van der Waals surface area contributed by atoms with Gasteiger partial charge in [-0.1, -0.05) is 50.6 Å². The maximum Gasteiger partial charge on any atom is 0.326 e. The summed E-state index contributed by atoms with van der Waals surface area (Å²) < 4.78 is 6.05. The number of carboxylic acids is 1. The van der Waals surface area contributed by atoms with E-state index in [4.69, 9.17) is 4.74 Å². The van der Waals surface area contributed by atoms with Crippen molar-refractivity contribution in [1.82, 2.24) is 16.0 Å². The summed E-state index contributed by atoms with van der Waals surface area (Å²) in [5, 5.41) is 17.8. The lowest BCUT2D eigenvalue weighted by molar-refractivity contribution is -0.144. The average Bonchev–Trinajstić information content (AvgIpc) is 3.29. The first-order valence-electron chi connectivity index (χ1n) is 12.0. The molecule has 194 valence electrons. The van der Waals surface area contributed by atoms with Gasteiger partial charge in [0.05, 0.1) is 12.6 Å². The van der Waals surface area contributed by atoms with Crippen LogP contribution in [0.25, 0.3) is 0 Å². The standard InChI is InChI=1S/C25H37N3O6S/c1-4-16(2)20(28-23(30)18-10-11-22(29)26-18)15-34-21(14-17-8-6-5-7-9-17)24(31)27-19(25(32)33)12-13-35-3/h5-9,16,18-21H,4,10-15H2,1-3H3,(H,26,29)(H,27,31)(H,28,30)(H,32,33)/t16-,18-,19-,20+,21?/m0/s1. The summed E-state index contributed by atoms with van der Waals surface area (Å²) in [5.41, 5.74) is 0.876. The first-order chi connectivity index (χ1) is 16.7. The van der Waals surface area contributed by atoms with Crippen molar-refractivity contribution >= 4 is 35.5 Å². The van der Waals surface area contributed by atoms with Crippen LogP contribution >= 0.6 is 11.8 Å². The molecule has 0 aliphatic carbocycles. The SMILES string of the molecule is CC[C@H](C)[C@@H](COC(Cc1ccccc1)C(=O)N[C@@H](CCSC)C(=O)O)NC(=O)[C@@H]1CCC(=O)N1. The van der Waals surface area contributed by atoms with Crippen molar-refractivity contribution in [3.05, 3.63) is 35.9 Å². The minimum Gasteiger partial charge on any atom is -0.480 e. The van der Waals surface area contributed by atoms with Crippen LogP contribution in [-0.2, 0) is 30.3 Å². The van der Waals surface area contributed by atoms with E-state index in [0.717, 1.165) is 12.0 Å². The molecule has 5 atom stereocenters. The zero-order chi connectivity index (χ0) is 25.8. The molecule has 0 aromatic heterocycles. The van der Waals surface area contributed by atoms with E-state index in [-0.39, 0.29) is 36.8 Å². The van der Waals surface area contributed by atoms with Crippen molar-refractivity contribution in [3.8, 4) is 0 Å². The smallest absolute Gasteiger partial charge is 0.326 e. The monoisotopic (exact) mass is 507 g/mol. The Kier molecular flexibility index (Phi) is 12.1. The van der Waals surface area contributed by atoms with Crippen molar-refractivity contribution in [2.75, 3.05) is 18.6 Å². The maximum atomic E-state index is 13.1. The van der Waals surface area contributed by atoms with Gasteiger partial charge in [-0.25, -0.2) is 4.79 Å². The number of amides is 3. The van der Waals surface area contributed by atoms with Gasteiger partial charge >= 0.3 is 5.97 Å². The number of thioether (sulfide) groups is 1. The van der Waals surface area contributed by atoms with E-state index in [1.54, 1.807) is 0 Å². The van der Waals surface area contributed by atoms with Gasteiger partial charge in [0.1, 0.15) is 18.2 Å². The van der Waals surface area contributed by atoms with Crippen molar-refractivity contribution in [3.63, 3.8) is 0 Å². The van der Waals surface area contributed by atoms with Crippen LogP contribution in [-0.4, -0.2) is 71.6 Å². The molecule has 9 nitrogen and oxygen atoms in total. The lowest BCUT2D eigenvalue weighted by Gasteiger charge is -2.28. The molecule has 1 aromatic carbocycles. The Morgan fingerprint density at radius 3 is 2.51 bits per heavy atom. The van der Waals surface area contributed by atoms with Crippen molar-refractivity contribution in [1.29, 1.82) is 0 Å². The normalized spacial score (nSPS) is 18.7. The van der Waals surface area contributed by atoms with E-state index in [0.29, 0.717) is 25.0 Å². The van der Waals surface area contributed by atoms with E-state index in [1.807, 2.05) is 50.4 Å². The highest BCUT2D eigenvalue weighted by molar-refractivity contribution is 7.98. The zero-order valence-electron chi connectivity index (χ0n) is 20.6. The van der Waals surface area contributed by atoms with Crippen molar-refractivity contribution in [2.45, 2.75) is 70.2 Å². The first kappa shape index (κ1) is 28.6. The van der Waals surface area contributed by atoms with Crippen LogP contribution in [0.15, 0.2) is 30.3 Å². The molecule has 0 spiro atoms. The molecule has 1 unspecified atom stereocenters. The van der Waals surface area contributed by atoms with Gasteiger partial charge in [0.25, 0.3) is 0 Å². The molecule has 0 bridgehead atoms. The quantitative estimate of drug-likeness (QED) is 0.284. The maximum absolute atomic E-state index is 13.1. The topological polar surface area (TPSA) is 134 Å². The van der Waals surface area contributed by atoms with Crippen LogP contribution in [0.4, 0.5) is 0 Å². The Morgan fingerprint density at radius 2 is 1.94 bits per heavy atom. The number of rotatable bonds is 15. The second kappa shape index (κ2) is 14.7. The molecule has 1 saturated heterocycles. The predicted octanol–water partition coefficient (Wildman–Crippen LogP) is 1.75. The predicted molar refractivity (Wildman–Crippen MR) is 135 cm³/mol. The largest absolute Gasteiger partial charge is 0.480 e. The van der Waals surface area contributed by atoms with Crippen LogP contribution in [0, 0.1) is 5.92 Å². The lowest BCUT2D eigenvalue weighted by atomic mass is 9.99. The number of ether oxygens (including phenoxy) is 1. The van der Waals surface area contributed by atoms with Crippen LogP contribution in [0.2, 0.25) is 0 Å². The summed E-state index contributed by atoms with van der Waals surface area (Å²) in [7, 11) is 0. The van der Waals surface area contributed by atoms with E-state index in [1.165, 1.54) is 11.8 Å². The molecule has 1 aromatic rings. The molecule has 4 N–H and O–H groups in total. The zero-order valence-corrected chi connectivity index (χ0v) is 21.4. The van der Waals surface area contributed by atoms with Crippen LogP contribution in [0.3, 0.4) is 0 Å². The number of aliphatic carboxylic acids is 1. The van der Waals surface area contributed by atoms with E-state index in [2.05, 4.69) is 16.0 Å². The lowest BCUT2D eigenvalue weighted by Crippen LogP contribution is -2.51. The molecule has 35 heavy (non-hydrogen) atoms. The first-order valence-corrected chi connectivity index (χ1v) is 13.4. The fourth-order valence-electron chi connectivity index (χ4n) is 3.76. The van der Waals surface area contributed by atoms with Gasteiger partial charge in [-0.3, -0.25) is 14.4 Å². The molecule has 10 heteroatoms. The van der Waals surface area contributed by atoms with E-state index in [9.17, 15) is 24.3 Å². The number of hydrogen-bond acceptors (Lipinski definition) is 6. The molecule has 1 aliphatic rings. The van der Waals surface area contributed by atoms with Gasteiger partial charge in [0.2, 0.25) is 17.7 Å². The summed E-state index contributed by atoms with van der Waals surface area (Å²) in [4.78, 5) is 48.9. The Morgan fingerprint density at radius 1 is 1.23 bits per heavy atom. The Labute approximate surface area is 211 Å². The van der Waals surface area contributed by atoms with E-state index < -0.39 is 30.1 Å². The highest BCUT2D eigenvalue weighted by Crippen LogP contribution is 2.14. The minimum atomic E-state index is -1.09. The number of benzene rings is 1. The Hall–Kier alpha value is -2.59. The molecule has 3 amide bonds. The van der Waals surface area contributed by atoms with E-state index >= 15 is 0 Å². The average molecular weight is 508 g/mol. The highest BCUT2D eigenvalue weighted by atomic mass is 32.2. The summed E-state index contributed by atoms with van der Waals surface area (Å²) in [5.74, 6) is -1.34. The number of nitrogens with one attached hydrogen (secondary N) is 3. The second-order valence-electron chi connectivity index (χ2n) is 8.85. The summed E-state index contributed by atoms with van der Waals surface area (Å²) in [6.07, 6.45) is 3.07. The third kappa shape index (κ3) is 9.52. The van der Waals surface area contributed by atoms with Crippen LogP contribution in [0.5, 0.6) is 0 Å². The van der Waals surface area contributed by atoms with Gasteiger partial charge in [-0.15, -0.1) is 0 Å². The van der Waals surface area contributed by atoms with Crippen LogP contribution in [0.1, 0.15) is 45.1 Å². The fraction of sp³-hybridized carbons (Fsp3) is 0.600. The number of carbonyl (C=O) groups is 4.